The van der Waals surface area contributed by atoms with E-state index in [0.29, 0.717) is 30.0 Å². The molecule has 1 aromatic carbocycles. The number of aromatic nitrogens is 3. The van der Waals surface area contributed by atoms with Crippen molar-refractivity contribution in [3.63, 3.8) is 0 Å². The van der Waals surface area contributed by atoms with Crippen LogP contribution in [0.25, 0.3) is 5.65 Å². The molecule has 1 fully saturated rings. The average Bonchev–Trinajstić information content (AvgIpc) is 3.20. The van der Waals surface area contributed by atoms with Crippen molar-refractivity contribution in [2.45, 2.75) is 6.92 Å². The van der Waals surface area contributed by atoms with Crippen LogP contribution in [0.5, 0.6) is 0 Å². The summed E-state index contributed by atoms with van der Waals surface area (Å²) in [5.41, 5.74) is 3.06. The molecule has 0 saturated carbocycles. The number of benzene rings is 1. The SMILES string of the molecule is Cc1ccn2ncc(C(=O)Nc3cccc(N4CCNC4=O)c3)c2n1. The zero-order chi connectivity index (χ0) is 17.4. The number of amides is 3. The second kappa shape index (κ2) is 5.90. The molecule has 8 nitrogen and oxygen atoms in total. The van der Waals surface area contributed by atoms with Crippen molar-refractivity contribution in [1.82, 2.24) is 19.9 Å². The van der Waals surface area contributed by atoms with Crippen molar-refractivity contribution in [3.05, 3.63) is 54.0 Å². The van der Waals surface area contributed by atoms with Crippen molar-refractivity contribution >= 4 is 29.0 Å². The van der Waals surface area contributed by atoms with Gasteiger partial charge in [-0.3, -0.25) is 9.69 Å². The number of hydrogen-bond donors (Lipinski definition) is 2. The second-order valence-electron chi connectivity index (χ2n) is 5.78. The van der Waals surface area contributed by atoms with Gasteiger partial charge in [-0.15, -0.1) is 0 Å². The highest BCUT2D eigenvalue weighted by Gasteiger charge is 2.21. The minimum absolute atomic E-state index is 0.134. The number of anilines is 2. The summed E-state index contributed by atoms with van der Waals surface area (Å²) in [4.78, 5) is 30.4. The van der Waals surface area contributed by atoms with Crippen LogP contribution < -0.4 is 15.5 Å². The summed E-state index contributed by atoms with van der Waals surface area (Å²) in [6.07, 6.45) is 3.26. The fraction of sp³-hybridized carbons (Fsp3) is 0.176. The van der Waals surface area contributed by atoms with Crippen LogP contribution in [0.3, 0.4) is 0 Å². The molecule has 0 bridgehead atoms. The standard InChI is InChI=1S/C17H16N6O2/c1-11-5-7-23-15(20-11)14(10-19-23)16(24)21-12-3-2-4-13(9-12)22-8-6-18-17(22)25/h2-5,7,9-10H,6,8H2,1H3,(H,18,25)(H,21,24). The number of carbonyl (C=O) groups is 2. The van der Waals surface area contributed by atoms with Crippen LogP contribution in [-0.2, 0) is 0 Å². The quantitative estimate of drug-likeness (QED) is 0.763. The lowest BCUT2D eigenvalue weighted by Crippen LogP contribution is -2.27. The van der Waals surface area contributed by atoms with Crippen molar-refractivity contribution in [3.8, 4) is 0 Å². The summed E-state index contributed by atoms with van der Waals surface area (Å²) in [6.45, 7) is 3.08. The van der Waals surface area contributed by atoms with Crippen LogP contribution in [0.1, 0.15) is 16.1 Å². The molecule has 0 aliphatic carbocycles. The van der Waals surface area contributed by atoms with E-state index < -0.39 is 0 Å². The molecule has 3 amide bonds. The van der Waals surface area contributed by atoms with Gasteiger partial charge in [0.2, 0.25) is 0 Å². The molecular weight excluding hydrogens is 320 g/mol. The zero-order valence-electron chi connectivity index (χ0n) is 13.6. The van der Waals surface area contributed by atoms with Gasteiger partial charge in [0.05, 0.1) is 6.20 Å². The maximum atomic E-state index is 12.6. The van der Waals surface area contributed by atoms with E-state index in [9.17, 15) is 9.59 Å². The lowest BCUT2D eigenvalue weighted by Gasteiger charge is -2.15. The number of hydrogen-bond acceptors (Lipinski definition) is 4. The van der Waals surface area contributed by atoms with Gasteiger partial charge in [0.1, 0.15) is 5.56 Å². The van der Waals surface area contributed by atoms with E-state index in [4.69, 9.17) is 0 Å². The van der Waals surface area contributed by atoms with Gasteiger partial charge in [0.25, 0.3) is 5.91 Å². The third-order valence-electron chi connectivity index (χ3n) is 4.03. The summed E-state index contributed by atoms with van der Waals surface area (Å²) < 4.78 is 1.56. The molecule has 126 valence electrons. The smallest absolute Gasteiger partial charge is 0.321 e. The fourth-order valence-electron chi connectivity index (χ4n) is 2.79. The molecule has 3 heterocycles. The lowest BCUT2D eigenvalue weighted by molar-refractivity contribution is 0.102. The van der Waals surface area contributed by atoms with E-state index in [1.54, 1.807) is 33.8 Å². The maximum Gasteiger partial charge on any atom is 0.321 e. The molecule has 1 aliphatic heterocycles. The minimum atomic E-state index is -0.295. The topological polar surface area (TPSA) is 91.6 Å². The fourth-order valence-corrected chi connectivity index (χ4v) is 2.79. The molecule has 1 aliphatic rings. The number of nitrogens with zero attached hydrogens (tertiary/aromatic N) is 4. The van der Waals surface area contributed by atoms with Gasteiger partial charge >= 0.3 is 6.03 Å². The largest absolute Gasteiger partial charge is 0.336 e. The lowest BCUT2D eigenvalue weighted by atomic mass is 10.2. The van der Waals surface area contributed by atoms with Gasteiger partial charge in [-0.2, -0.15) is 5.10 Å². The predicted molar refractivity (Wildman–Crippen MR) is 92.9 cm³/mol. The normalized spacial score (nSPS) is 14.0. The van der Waals surface area contributed by atoms with Crippen LogP contribution >= 0.6 is 0 Å². The Balaban J connectivity index is 1.60. The highest BCUT2D eigenvalue weighted by atomic mass is 16.2. The summed E-state index contributed by atoms with van der Waals surface area (Å²) in [5, 5.41) is 9.75. The summed E-state index contributed by atoms with van der Waals surface area (Å²) in [6, 6.07) is 8.88. The highest BCUT2D eigenvalue weighted by molar-refractivity contribution is 6.08. The summed E-state index contributed by atoms with van der Waals surface area (Å²) >= 11 is 0. The third-order valence-corrected chi connectivity index (χ3v) is 4.03. The molecule has 0 spiro atoms. The van der Waals surface area contributed by atoms with Crippen molar-refractivity contribution < 1.29 is 9.59 Å². The second-order valence-corrected chi connectivity index (χ2v) is 5.78. The Morgan fingerprint density at radius 1 is 1.32 bits per heavy atom. The Hall–Kier alpha value is -3.42. The number of carbonyl (C=O) groups excluding carboxylic acids is 2. The molecule has 0 atom stereocenters. The highest BCUT2D eigenvalue weighted by Crippen LogP contribution is 2.22. The van der Waals surface area contributed by atoms with Crippen LogP contribution in [0.4, 0.5) is 16.2 Å². The first-order valence-corrected chi connectivity index (χ1v) is 7.89. The first kappa shape index (κ1) is 15.1. The zero-order valence-corrected chi connectivity index (χ0v) is 13.6. The Morgan fingerprint density at radius 2 is 2.20 bits per heavy atom. The first-order valence-electron chi connectivity index (χ1n) is 7.89. The van der Waals surface area contributed by atoms with E-state index in [2.05, 4.69) is 20.7 Å². The van der Waals surface area contributed by atoms with Gasteiger partial charge in [-0.1, -0.05) is 6.07 Å². The molecular formula is C17H16N6O2. The number of rotatable bonds is 3. The first-order chi connectivity index (χ1) is 12.1. The monoisotopic (exact) mass is 336 g/mol. The summed E-state index contributed by atoms with van der Waals surface area (Å²) in [5.74, 6) is -0.295. The Bertz CT molecular complexity index is 980. The summed E-state index contributed by atoms with van der Waals surface area (Å²) in [7, 11) is 0. The Morgan fingerprint density at radius 3 is 3.00 bits per heavy atom. The van der Waals surface area contributed by atoms with Gasteiger partial charge in [0, 0.05) is 36.4 Å². The predicted octanol–water partition coefficient (Wildman–Crippen LogP) is 1.82. The Kier molecular flexibility index (Phi) is 3.57. The Labute approximate surface area is 143 Å². The van der Waals surface area contributed by atoms with E-state index in [1.165, 1.54) is 6.20 Å². The molecule has 4 rings (SSSR count). The molecule has 2 N–H and O–H groups in total. The number of aryl methyl sites for hydroxylation is 1. The van der Waals surface area contributed by atoms with Gasteiger partial charge in [0.15, 0.2) is 5.65 Å². The molecule has 2 aromatic heterocycles. The molecule has 0 radical (unpaired) electrons. The van der Waals surface area contributed by atoms with Crippen LogP contribution in [0, 0.1) is 6.92 Å². The molecule has 8 heteroatoms. The van der Waals surface area contributed by atoms with E-state index in [0.717, 1.165) is 11.4 Å². The number of urea groups is 1. The number of fused-ring (bicyclic) bond motifs is 1. The van der Waals surface area contributed by atoms with Crippen molar-refractivity contribution in [2.24, 2.45) is 0 Å². The van der Waals surface area contributed by atoms with Crippen LogP contribution in [0.15, 0.2) is 42.7 Å². The van der Waals surface area contributed by atoms with Gasteiger partial charge in [-0.05, 0) is 31.2 Å². The third kappa shape index (κ3) is 2.78. The van der Waals surface area contributed by atoms with Crippen LogP contribution in [0.2, 0.25) is 0 Å². The van der Waals surface area contributed by atoms with Crippen molar-refractivity contribution in [2.75, 3.05) is 23.3 Å². The number of nitrogens with one attached hydrogen (secondary N) is 2. The van der Waals surface area contributed by atoms with E-state index in [1.807, 2.05) is 19.1 Å². The van der Waals surface area contributed by atoms with Crippen LogP contribution in [-0.4, -0.2) is 39.6 Å². The van der Waals surface area contributed by atoms with Gasteiger partial charge < -0.3 is 10.6 Å². The maximum absolute atomic E-state index is 12.6. The van der Waals surface area contributed by atoms with Crippen molar-refractivity contribution in [1.29, 1.82) is 0 Å². The van der Waals surface area contributed by atoms with Gasteiger partial charge in [-0.25, -0.2) is 14.3 Å². The molecule has 25 heavy (non-hydrogen) atoms. The van der Waals surface area contributed by atoms with E-state index >= 15 is 0 Å². The molecule has 0 unspecified atom stereocenters. The average molecular weight is 336 g/mol. The van der Waals surface area contributed by atoms with E-state index in [-0.39, 0.29) is 11.9 Å². The minimum Gasteiger partial charge on any atom is -0.336 e. The molecule has 1 saturated heterocycles. The molecule has 3 aromatic rings.